The molecule has 0 fully saturated rings. The fourth-order valence-electron chi connectivity index (χ4n) is 3.34. The Hall–Kier alpha value is 0.660. The molecule has 3 nitrogen and oxygen atoms in total. The second-order valence-corrected chi connectivity index (χ2v) is 10.2. The Balaban J connectivity index is 3.13. The van der Waals surface area contributed by atoms with E-state index < -0.39 is 8.60 Å². The lowest BCUT2D eigenvalue weighted by atomic mass is 10.1. The highest BCUT2D eigenvalue weighted by Crippen LogP contribution is 2.24. The fourth-order valence-corrected chi connectivity index (χ4v) is 4.74. The van der Waals surface area contributed by atoms with Gasteiger partial charge in [0.1, 0.15) is 0 Å². The van der Waals surface area contributed by atoms with E-state index in [1.54, 1.807) is 0 Å². The smallest absolute Gasteiger partial charge is 0.327 e. The molecule has 0 heterocycles. The van der Waals surface area contributed by atoms with Crippen molar-refractivity contribution in [1.29, 1.82) is 0 Å². The average Bonchev–Trinajstić information content (AvgIpc) is 2.64. The van der Waals surface area contributed by atoms with E-state index in [0.717, 1.165) is 18.1 Å². The van der Waals surface area contributed by atoms with E-state index in [9.17, 15) is 0 Å². The maximum absolute atomic E-state index is 8.62. The molecule has 0 saturated carbocycles. The second-order valence-electron chi connectivity index (χ2n) is 7.86. The molecule has 1 unspecified atom stereocenters. The SMILES string of the molecule is CCCCCCCCCSC(C)CCCCCCCCCCCOP(O)O. The molecule has 164 valence electrons. The van der Waals surface area contributed by atoms with Gasteiger partial charge in [-0.15, -0.1) is 0 Å². The summed E-state index contributed by atoms with van der Waals surface area (Å²) in [6.45, 7) is 5.17. The van der Waals surface area contributed by atoms with Gasteiger partial charge in [-0.05, 0) is 25.0 Å². The summed E-state index contributed by atoms with van der Waals surface area (Å²) < 4.78 is 4.76. The summed E-state index contributed by atoms with van der Waals surface area (Å²) in [6, 6.07) is 0. The van der Waals surface area contributed by atoms with Crippen LogP contribution in [0.5, 0.6) is 0 Å². The number of unbranched alkanes of at least 4 members (excludes halogenated alkanes) is 14. The molecule has 0 aromatic heterocycles. The predicted molar refractivity (Wildman–Crippen MR) is 123 cm³/mol. The van der Waals surface area contributed by atoms with Crippen LogP contribution in [-0.2, 0) is 4.52 Å². The zero-order chi connectivity index (χ0) is 20.0. The Kier molecular flexibility index (Phi) is 23.5. The highest BCUT2D eigenvalue weighted by atomic mass is 32.2. The van der Waals surface area contributed by atoms with Gasteiger partial charge in [-0.1, -0.05) is 104 Å². The topological polar surface area (TPSA) is 49.7 Å². The molecule has 0 aliphatic rings. The van der Waals surface area contributed by atoms with Crippen LogP contribution in [0.4, 0.5) is 0 Å². The summed E-state index contributed by atoms with van der Waals surface area (Å²) in [7, 11) is -2.15. The van der Waals surface area contributed by atoms with E-state index >= 15 is 0 Å². The normalized spacial score (nSPS) is 12.8. The van der Waals surface area contributed by atoms with Crippen molar-refractivity contribution >= 4 is 20.4 Å². The molecular formula is C22H47O3PS. The molecule has 27 heavy (non-hydrogen) atoms. The maximum Gasteiger partial charge on any atom is 0.327 e. The molecule has 0 spiro atoms. The van der Waals surface area contributed by atoms with Crippen molar-refractivity contribution in [2.24, 2.45) is 0 Å². The third-order valence-electron chi connectivity index (χ3n) is 5.11. The van der Waals surface area contributed by atoms with Crippen molar-refractivity contribution in [3.05, 3.63) is 0 Å². The van der Waals surface area contributed by atoms with Crippen molar-refractivity contribution in [3.63, 3.8) is 0 Å². The number of thioether (sulfide) groups is 1. The molecular weight excluding hydrogens is 375 g/mol. The van der Waals surface area contributed by atoms with Gasteiger partial charge >= 0.3 is 8.60 Å². The van der Waals surface area contributed by atoms with Gasteiger partial charge in [-0.3, -0.25) is 0 Å². The lowest BCUT2D eigenvalue weighted by molar-refractivity contribution is 0.248. The summed E-state index contributed by atoms with van der Waals surface area (Å²) in [5.74, 6) is 1.36. The van der Waals surface area contributed by atoms with Crippen molar-refractivity contribution in [1.82, 2.24) is 0 Å². The lowest BCUT2D eigenvalue weighted by Gasteiger charge is -2.11. The van der Waals surface area contributed by atoms with E-state index in [4.69, 9.17) is 14.3 Å². The van der Waals surface area contributed by atoms with Crippen molar-refractivity contribution in [2.75, 3.05) is 12.4 Å². The van der Waals surface area contributed by atoms with Gasteiger partial charge in [0.05, 0.1) is 6.61 Å². The molecule has 0 aliphatic carbocycles. The third kappa shape index (κ3) is 24.6. The number of hydrogen-bond donors (Lipinski definition) is 2. The first-order valence-electron chi connectivity index (χ1n) is 11.6. The second kappa shape index (κ2) is 22.9. The molecule has 0 radical (unpaired) electrons. The largest absolute Gasteiger partial charge is 0.328 e. The highest BCUT2D eigenvalue weighted by molar-refractivity contribution is 7.99. The molecule has 5 heteroatoms. The monoisotopic (exact) mass is 422 g/mol. The van der Waals surface area contributed by atoms with Gasteiger partial charge in [0.25, 0.3) is 0 Å². The average molecular weight is 423 g/mol. The summed E-state index contributed by atoms with van der Waals surface area (Å²) in [5.41, 5.74) is 0. The molecule has 2 N–H and O–H groups in total. The van der Waals surface area contributed by atoms with E-state index in [-0.39, 0.29) is 0 Å². The maximum atomic E-state index is 8.62. The first kappa shape index (κ1) is 27.7. The molecule has 0 aromatic carbocycles. The van der Waals surface area contributed by atoms with Crippen LogP contribution in [0.15, 0.2) is 0 Å². The van der Waals surface area contributed by atoms with Crippen LogP contribution < -0.4 is 0 Å². The van der Waals surface area contributed by atoms with Gasteiger partial charge in [-0.25, -0.2) is 0 Å². The van der Waals surface area contributed by atoms with Gasteiger partial charge in [-0.2, -0.15) is 11.8 Å². The van der Waals surface area contributed by atoms with Crippen molar-refractivity contribution < 1.29 is 14.3 Å². The summed E-state index contributed by atoms with van der Waals surface area (Å²) >= 11 is 2.19. The first-order chi connectivity index (χ1) is 13.2. The van der Waals surface area contributed by atoms with Crippen LogP contribution >= 0.6 is 20.4 Å². The molecule has 0 saturated heterocycles. The quantitative estimate of drug-likeness (QED) is 0.137. The minimum absolute atomic E-state index is 0.480. The Morgan fingerprint density at radius 2 is 1.19 bits per heavy atom. The van der Waals surface area contributed by atoms with E-state index in [0.29, 0.717) is 6.61 Å². The highest BCUT2D eigenvalue weighted by Gasteiger charge is 2.02. The van der Waals surface area contributed by atoms with E-state index in [1.807, 2.05) is 0 Å². The van der Waals surface area contributed by atoms with Crippen LogP contribution in [0.1, 0.15) is 123 Å². The minimum atomic E-state index is -2.15. The standard InChI is InChI=1S/C22H47O3PS/c1-3-4-5-6-12-15-18-21-27-22(2)19-16-13-10-8-7-9-11-14-17-20-25-26(23)24/h22-24H,3-21H2,1-2H3. The fraction of sp³-hybridized carbons (Fsp3) is 1.00. The molecule has 0 amide bonds. The molecule has 1 atom stereocenters. The number of hydrogen-bond acceptors (Lipinski definition) is 4. The van der Waals surface area contributed by atoms with Crippen LogP contribution in [0.25, 0.3) is 0 Å². The minimum Gasteiger partial charge on any atom is -0.328 e. The van der Waals surface area contributed by atoms with Gasteiger partial charge in [0, 0.05) is 5.25 Å². The van der Waals surface area contributed by atoms with Gasteiger partial charge in [0.15, 0.2) is 0 Å². The Morgan fingerprint density at radius 1 is 0.704 bits per heavy atom. The molecule has 0 aliphatic heterocycles. The molecule has 0 bridgehead atoms. The van der Waals surface area contributed by atoms with E-state index in [1.165, 1.54) is 102 Å². The van der Waals surface area contributed by atoms with Crippen LogP contribution in [-0.4, -0.2) is 27.4 Å². The lowest BCUT2D eigenvalue weighted by Crippen LogP contribution is -1.98. The zero-order valence-electron chi connectivity index (χ0n) is 18.2. The van der Waals surface area contributed by atoms with Crippen molar-refractivity contribution in [2.45, 2.75) is 128 Å². The Bertz CT molecular complexity index is 280. The third-order valence-corrected chi connectivity index (χ3v) is 6.85. The summed E-state index contributed by atoms with van der Waals surface area (Å²) in [5, 5.41) is 0.839. The number of rotatable bonds is 22. The van der Waals surface area contributed by atoms with Crippen LogP contribution in [0.3, 0.4) is 0 Å². The van der Waals surface area contributed by atoms with Crippen LogP contribution in [0.2, 0.25) is 0 Å². The molecule has 0 aromatic rings. The first-order valence-corrected chi connectivity index (χ1v) is 13.8. The van der Waals surface area contributed by atoms with Gasteiger partial charge < -0.3 is 14.3 Å². The van der Waals surface area contributed by atoms with Crippen LogP contribution in [0, 0.1) is 0 Å². The Labute approximate surface area is 175 Å². The summed E-state index contributed by atoms with van der Waals surface area (Å²) in [4.78, 5) is 17.2. The summed E-state index contributed by atoms with van der Waals surface area (Å²) in [6.07, 6.45) is 22.8. The van der Waals surface area contributed by atoms with Crippen molar-refractivity contribution in [3.8, 4) is 0 Å². The zero-order valence-corrected chi connectivity index (χ0v) is 19.9. The predicted octanol–water partition coefficient (Wildman–Crippen LogP) is 7.99. The molecule has 0 rings (SSSR count). The Morgan fingerprint density at radius 3 is 1.74 bits per heavy atom. The van der Waals surface area contributed by atoms with Gasteiger partial charge in [0.2, 0.25) is 0 Å². The van der Waals surface area contributed by atoms with E-state index in [2.05, 4.69) is 25.6 Å².